The number of aliphatic hydroxyl groups is 1. The number of nitrogens with zero attached hydrogens (tertiary/aromatic N) is 1. The highest BCUT2D eigenvalue weighted by Gasteiger charge is 2.03. The molecule has 0 aliphatic carbocycles. The molecule has 0 spiro atoms. The second-order valence-electron chi connectivity index (χ2n) is 2.86. The molecule has 0 unspecified atom stereocenters. The smallest absolute Gasteiger partial charge is 0.128 e. The summed E-state index contributed by atoms with van der Waals surface area (Å²) >= 11 is 0. The number of aryl methyl sites for hydroxylation is 1. The fraction of sp³-hybridized carbons (Fsp3) is 0.444. The first-order valence-corrected chi connectivity index (χ1v) is 3.97. The van der Waals surface area contributed by atoms with Crippen LogP contribution in [0.3, 0.4) is 0 Å². The van der Waals surface area contributed by atoms with Crippen molar-refractivity contribution in [3.8, 4) is 0 Å². The van der Waals surface area contributed by atoms with Crippen LogP contribution in [-0.2, 0) is 0 Å². The molecule has 0 saturated heterocycles. The van der Waals surface area contributed by atoms with Crippen molar-refractivity contribution in [2.24, 2.45) is 0 Å². The molecule has 0 bridgehead atoms. The van der Waals surface area contributed by atoms with Gasteiger partial charge < -0.3 is 10.4 Å². The van der Waals surface area contributed by atoms with Crippen molar-refractivity contribution in [1.82, 2.24) is 4.98 Å². The molecule has 0 aliphatic heterocycles. The molecule has 66 valence electrons. The minimum atomic E-state index is -0.442. The third-order valence-electron chi connectivity index (χ3n) is 1.82. The van der Waals surface area contributed by atoms with E-state index in [9.17, 15) is 5.11 Å². The molecule has 0 aliphatic rings. The SMILES string of the molecule is CNc1ncc([C@H](C)O)cc1C. The largest absolute Gasteiger partial charge is 0.389 e. The summed E-state index contributed by atoms with van der Waals surface area (Å²) in [5.41, 5.74) is 1.91. The van der Waals surface area contributed by atoms with Crippen molar-refractivity contribution >= 4 is 5.82 Å². The monoisotopic (exact) mass is 166 g/mol. The Morgan fingerprint density at radius 3 is 2.67 bits per heavy atom. The quantitative estimate of drug-likeness (QED) is 0.699. The van der Waals surface area contributed by atoms with Gasteiger partial charge in [0, 0.05) is 13.2 Å². The summed E-state index contributed by atoms with van der Waals surface area (Å²) < 4.78 is 0. The summed E-state index contributed by atoms with van der Waals surface area (Å²) in [5.74, 6) is 0.861. The molecule has 1 atom stereocenters. The summed E-state index contributed by atoms with van der Waals surface area (Å²) in [6, 6.07) is 1.93. The van der Waals surface area contributed by atoms with Crippen LogP contribution in [0.1, 0.15) is 24.2 Å². The molecule has 0 radical (unpaired) electrons. The van der Waals surface area contributed by atoms with Gasteiger partial charge >= 0.3 is 0 Å². The van der Waals surface area contributed by atoms with Gasteiger partial charge in [0.05, 0.1) is 6.10 Å². The number of anilines is 1. The molecule has 0 saturated carbocycles. The molecule has 1 rings (SSSR count). The molecule has 3 heteroatoms. The summed E-state index contributed by atoms with van der Waals surface area (Å²) in [4.78, 5) is 4.15. The lowest BCUT2D eigenvalue weighted by Gasteiger charge is -2.08. The highest BCUT2D eigenvalue weighted by molar-refractivity contribution is 5.44. The van der Waals surface area contributed by atoms with Gasteiger partial charge in [-0.2, -0.15) is 0 Å². The first-order chi connectivity index (χ1) is 5.65. The van der Waals surface area contributed by atoms with Crippen LogP contribution >= 0.6 is 0 Å². The first kappa shape index (κ1) is 9.00. The molecular weight excluding hydrogens is 152 g/mol. The predicted molar refractivity (Wildman–Crippen MR) is 49.2 cm³/mol. The Kier molecular flexibility index (Phi) is 2.65. The lowest BCUT2D eigenvalue weighted by Crippen LogP contribution is -1.99. The van der Waals surface area contributed by atoms with Gasteiger partial charge in [0.2, 0.25) is 0 Å². The van der Waals surface area contributed by atoms with E-state index in [2.05, 4.69) is 10.3 Å². The maximum atomic E-state index is 9.25. The number of nitrogens with one attached hydrogen (secondary N) is 1. The zero-order valence-corrected chi connectivity index (χ0v) is 7.63. The Hall–Kier alpha value is -1.09. The van der Waals surface area contributed by atoms with Crippen LogP contribution in [0.4, 0.5) is 5.82 Å². The van der Waals surface area contributed by atoms with Crippen molar-refractivity contribution in [2.75, 3.05) is 12.4 Å². The van der Waals surface area contributed by atoms with Gasteiger partial charge in [-0.25, -0.2) is 4.98 Å². The number of aromatic nitrogens is 1. The maximum Gasteiger partial charge on any atom is 0.128 e. The second-order valence-corrected chi connectivity index (χ2v) is 2.86. The Morgan fingerprint density at radius 1 is 1.58 bits per heavy atom. The normalized spacial score (nSPS) is 12.7. The first-order valence-electron chi connectivity index (χ1n) is 3.97. The van der Waals surface area contributed by atoms with Gasteiger partial charge in [-0.3, -0.25) is 0 Å². The van der Waals surface area contributed by atoms with Crippen molar-refractivity contribution in [3.05, 3.63) is 23.4 Å². The molecule has 0 aromatic carbocycles. The van der Waals surface area contributed by atoms with Crippen molar-refractivity contribution < 1.29 is 5.11 Å². The second kappa shape index (κ2) is 3.54. The minimum Gasteiger partial charge on any atom is -0.389 e. The Morgan fingerprint density at radius 2 is 2.25 bits per heavy atom. The minimum absolute atomic E-state index is 0.442. The molecule has 0 amide bonds. The van der Waals surface area contributed by atoms with Crippen LogP contribution < -0.4 is 5.32 Å². The maximum absolute atomic E-state index is 9.25. The Labute approximate surface area is 72.5 Å². The van der Waals surface area contributed by atoms with Gasteiger partial charge in [-0.05, 0) is 31.0 Å². The molecule has 1 aromatic heterocycles. The van der Waals surface area contributed by atoms with E-state index in [-0.39, 0.29) is 0 Å². The van der Waals surface area contributed by atoms with Gasteiger partial charge in [0.15, 0.2) is 0 Å². The van der Waals surface area contributed by atoms with Gasteiger partial charge in [-0.1, -0.05) is 0 Å². The summed E-state index contributed by atoms with van der Waals surface area (Å²) in [6.07, 6.45) is 1.24. The van der Waals surface area contributed by atoms with Crippen LogP contribution in [0, 0.1) is 6.92 Å². The topological polar surface area (TPSA) is 45.2 Å². The standard InChI is InChI=1S/C9H14N2O/c1-6-4-8(7(2)12)5-11-9(6)10-3/h4-5,7,12H,1-3H3,(H,10,11)/t7-/m0/s1. The van der Waals surface area contributed by atoms with E-state index in [1.807, 2.05) is 20.0 Å². The van der Waals surface area contributed by atoms with E-state index in [0.29, 0.717) is 0 Å². The predicted octanol–water partition coefficient (Wildman–Crippen LogP) is 1.49. The number of rotatable bonds is 2. The summed E-state index contributed by atoms with van der Waals surface area (Å²) in [7, 11) is 1.83. The highest BCUT2D eigenvalue weighted by atomic mass is 16.3. The van der Waals surface area contributed by atoms with E-state index >= 15 is 0 Å². The number of hydrogen-bond donors (Lipinski definition) is 2. The number of pyridine rings is 1. The zero-order chi connectivity index (χ0) is 9.14. The van der Waals surface area contributed by atoms with E-state index in [0.717, 1.165) is 16.9 Å². The van der Waals surface area contributed by atoms with E-state index in [1.165, 1.54) is 0 Å². The lowest BCUT2D eigenvalue weighted by molar-refractivity contribution is 0.199. The van der Waals surface area contributed by atoms with Crippen LogP contribution in [0.5, 0.6) is 0 Å². The van der Waals surface area contributed by atoms with E-state index in [4.69, 9.17) is 0 Å². The third-order valence-corrected chi connectivity index (χ3v) is 1.82. The van der Waals surface area contributed by atoms with Gasteiger partial charge in [-0.15, -0.1) is 0 Å². The number of aliphatic hydroxyl groups excluding tert-OH is 1. The van der Waals surface area contributed by atoms with E-state index in [1.54, 1.807) is 13.1 Å². The van der Waals surface area contributed by atoms with Crippen LogP contribution in [0.2, 0.25) is 0 Å². The van der Waals surface area contributed by atoms with Gasteiger partial charge in [0.1, 0.15) is 5.82 Å². The fourth-order valence-electron chi connectivity index (χ4n) is 1.09. The highest BCUT2D eigenvalue weighted by Crippen LogP contribution is 2.16. The molecule has 1 aromatic rings. The summed E-state index contributed by atoms with van der Waals surface area (Å²) in [5, 5.41) is 12.2. The van der Waals surface area contributed by atoms with Crippen molar-refractivity contribution in [2.45, 2.75) is 20.0 Å². The van der Waals surface area contributed by atoms with E-state index < -0.39 is 6.10 Å². The molecular formula is C9H14N2O. The molecule has 1 heterocycles. The average molecular weight is 166 g/mol. The number of hydrogen-bond acceptors (Lipinski definition) is 3. The Balaban J connectivity index is 3.02. The molecule has 12 heavy (non-hydrogen) atoms. The van der Waals surface area contributed by atoms with Crippen molar-refractivity contribution in [1.29, 1.82) is 0 Å². The summed E-state index contributed by atoms with van der Waals surface area (Å²) in [6.45, 7) is 3.69. The van der Waals surface area contributed by atoms with Gasteiger partial charge in [0.25, 0.3) is 0 Å². The zero-order valence-electron chi connectivity index (χ0n) is 7.63. The van der Waals surface area contributed by atoms with Crippen LogP contribution in [-0.4, -0.2) is 17.1 Å². The molecule has 2 N–H and O–H groups in total. The third kappa shape index (κ3) is 1.74. The fourth-order valence-corrected chi connectivity index (χ4v) is 1.09. The van der Waals surface area contributed by atoms with Crippen LogP contribution in [0.15, 0.2) is 12.3 Å². The van der Waals surface area contributed by atoms with Crippen molar-refractivity contribution in [3.63, 3.8) is 0 Å². The lowest BCUT2D eigenvalue weighted by atomic mass is 10.1. The Bertz CT molecular complexity index is 271. The van der Waals surface area contributed by atoms with Crippen LogP contribution in [0.25, 0.3) is 0 Å². The molecule has 3 nitrogen and oxygen atoms in total. The molecule has 0 fully saturated rings. The average Bonchev–Trinajstić information content (AvgIpc) is 2.04.